The zero-order chi connectivity index (χ0) is 40.7. The van der Waals surface area contributed by atoms with Crippen LogP contribution in [0.5, 0.6) is 0 Å². The average molecular weight is 842 g/mol. The van der Waals surface area contributed by atoms with E-state index in [2.05, 4.69) is 194 Å². The summed E-state index contributed by atoms with van der Waals surface area (Å²) in [5.74, 6) is 0. The van der Waals surface area contributed by atoms with Gasteiger partial charge in [0.25, 0.3) is 0 Å². The van der Waals surface area contributed by atoms with Crippen LogP contribution in [0.3, 0.4) is 0 Å². The molecule has 10 aromatic carbocycles. The maximum absolute atomic E-state index is 5.30. The summed E-state index contributed by atoms with van der Waals surface area (Å²) in [6.45, 7) is 0.0109. The van der Waals surface area contributed by atoms with Crippen molar-refractivity contribution in [1.29, 1.82) is 0 Å². The van der Waals surface area contributed by atoms with Gasteiger partial charge in [-0.1, -0.05) is 186 Å². The van der Waals surface area contributed by atoms with E-state index in [4.69, 9.17) is 15.0 Å². The van der Waals surface area contributed by atoms with Crippen molar-refractivity contribution < 1.29 is 0 Å². The van der Waals surface area contributed by atoms with E-state index in [-0.39, 0.29) is 6.71 Å². The van der Waals surface area contributed by atoms with Gasteiger partial charge in [-0.3, -0.25) is 0 Å². The lowest BCUT2D eigenvalue weighted by molar-refractivity contribution is 1.48. The summed E-state index contributed by atoms with van der Waals surface area (Å²) in [5, 5.41) is 13.0. The Bertz CT molecular complexity index is 3530. The van der Waals surface area contributed by atoms with Crippen LogP contribution in [0.2, 0.25) is 0 Å². The molecule has 0 aliphatic carbocycles. The first-order chi connectivity index (χ1) is 30.7. The molecule has 3 heterocycles. The fraction of sp³-hybridized carbons (Fsp3) is 0. The monoisotopic (exact) mass is 841 g/mol. The van der Waals surface area contributed by atoms with Crippen LogP contribution >= 0.6 is 34.0 Å². The normalized spacial score (nSPS) is 11.9. The van der Waals surface area contributed by atoms with E-state index in [9.17, 15) is 0 Å². The van der Waals surface area contributed by atoms with Crippen molar-refractivity contribution >= 4 is 131 Å². The van der Waals surface area contributed by atoms with Crippen molar-refractivity contribution in [2.45, 2.75) is 0 Å². The second-order valence-corrected chi connectivity index (χ2v) is 19.0. The van der Waals surface area contributed by atoms with Crippen LogP contribution in [0.4, 0.5) is 0 Å². The fourth-order valence-corrected chi connectivity index (χ4v) is 12.3. The van der Waals surface area contributed by atoms with Crippen LogP contribution in [0.15, 0.2) is 194 Å². The van der Waals surface area contributed by atoms with Gasteiger partial charge in [-0.25, -0.2) is 15.0 Å². The van der Waals surface area contributed by atoms with Crippen LogP contribution in [0, 0.1) is 0 Å². The molecule has 0 spiro atoms. The second-order valence-electron chi connectivity index (χ2n) is 16.0. The molecule has 0 fully saturated rings. The van der Waals surface area contributed by atoms with Gasteiger partial charge in [0.1, 0.15) is 15.0 Å². The predicted octanol–water partition coefficient (Wildman–Crippen LogP) is 13.6. The minimum Gasteiger partial charge on any atom is -0.236 e. The number of benzene rings is 10. The third-order valence-corrected chi connectivity index (χ3v) is 15.5. The van der Waals surface area contributed by atoms with Crippen molar-refractivity contribution in [2.24, 2.45) is 0 Å². The smallest absolute Gasteiger partial charge is 0.236 e. The van der Waals surface area contributed by atoms with Crippen molar-refractivity contribution in [3.8, 4) is 31.7 Å². The van der Waals surface area contributed by atoms with E-state index >= 15 is 0 Å². The quantitative estimate of drug-likeness (QED) is 0.124. The SMILES string of the molecule is c1ccc2cc3sc(-c4ccc(B(c5ccc(-c6nc7cc8ccccc8cc7s6)cc5)c5ccc(-c6nc7c8ccccc8c8ccccc8c7s6)cc5)cc4)nc3cc2c1. The third kappa shape index (κ3) is 5.96. The molecule has 288 valence electrons. The summed E-state index contributed by atoms with van der Waals surface area (Å²) >= 11 is 5.29. The Hall–Kier alpha value is -7.03. The molecule has 0 bridgehead atoms. The Morgan fingerprint density at radius 1 is 0.323 bits per heavy atom. The van der Waals surface area contributed by atoms with Crippen LogP contribution in [-0.2, 0) is 0 Å². The maximum atomic E-state index is 5.30. The molecule has 0 N–H and O–H groups in total. The number of nitrogens with zero attached hydrogens (tertiary/aromatic N) is 3. The van der Waals surface area contributed by atoms with Gasteiger partial charge in [-0.2, -0.15) is 0 Å². The number of hydrogen-bond donors (Lipinski definition) is 0. The summed E-state index contributed by atoms with van der Waals surface area (Å²) < 4.78 is 3.65. The molecule has 0 saturated heterocycles. The number of fused-ring (bicyclic) bond motifs is 10. The van der Waals surface area contributed by atoms with Crippen LogP contribution in [0.1, 0.15) is 0 Å². The highest BCUT2D eigenvalue weighted by Gasteiger charge is 2.23. The molecule has 7 heteroatoms. The number of aromatic nitrogens is 3. The molecule has 0 radical (unpaired) electrons. The molecule has 13 rings (SSSR count). The third-order valence-electron chi connectivity index (χ3n) is 12.3. The zero-order valence-electron chi connectivity index (χ0n) is 33.1. The maximum Gasteiger partial charge on any atom is 0.241 e. The Morgan fingerprint density at radius 3 is 1.16 bits per heavy atom. The van der Waals surface area contributed by atoms with Crippen molar-refractivity contribution in [1.82, 2.24) is 15.0 Å². The van der Waals surface area contributed by atoms with E-state index in [1.54, 1.807) is 34.0 Å². The molecule has 0 saturated carbocycles. The number of rotatable bonds is 6. The summed E-state index contributed by atoms with van der Waals surface area (Å²) in [6.07, 6.45) is 0. The van der Waals surface area contributed by atoms with Gasteiger partial charge in [-0.05, 0) is 56.6 Å². The molecule has 13 aromatic rings. The zero-order valence-corrected chi connectivity index (χ0v) is 35.6. The highest BCUT2D eigenvalue weighted by molar-refractivity contribution is 7.23. The van der Waals surface area contributed by atoms with Gasteiger partial charge in [0.05, 0.1) is 30.6 Å². The van der Waals surface area contributed by atoms with E-state index in [0.717, 1.165) is 48.3 Å². The largest absolute Gasteiger partial charge is 0.241 e. The van der Waals surface area contributed by atoms with Gasteiger partial charge >= 0.3 is 0 Å². The molecule has 0 unspecified atom stereocenters. The molecule has 62 heavy (non-hydrogen) atoms. The lowest BCUT2D eigenvalue weighted by Crippen LogP contribution is -2.51. The van der Waals surface area contributed by atoms with Crippen LogP contribution in [-0.4, -0.2) is 21.7 Å². The first kappa shape index (κ1) is 35.7. The lowest BCUT2D eigenvalue weighted by Gasteiger charge is -2.17. The molecule has 3 nitrogen and oxygen atoms in total. The van der Waals surface area contributed by atoms with Gasteiger partial charge in [0.15, 0.2) is 0 Å². The Kier molecular flexibility index (Phi) is 8.23. The molecule has 3 aromatic heterocycles. The summed E-state index contributed by atoms with van der Waals surface area (Å²) in [7, 11) is 0. The average Bonchev–Trinajstić information content (AvgIpc) is 4.08. The summed E-state index contributed by atoms with van der Waals surface area (Å²) in [5.41, 5.74) is 10.2. The molecule has 0 atom stereocenters. The molecule has 0 aliphatic rings. The minimum absolute atomic E-state index is 0.0109. The second kappa shape index (κ2) is 14.3. The highest BCUT2D eigenvalue weighted by Crippen LogP contribution is 2.41. The van der Waals surface area contributed by atoms with E-state index in [1.807, 2.05) is 0 Å². The van der Waals surface area contributed by atoms with E-state index in [1.165, 1.54) is 73.6 Å². The Labute approximate surface area is 369 Å². The van der Waals surface area contributed by atoms with Crippen molar-refractivity contribution in [3.63, 3.8) is 0 Å². The highest BCUT2D eigenvalue weighted by atomic mass is 32.1. The van der Waals surface area contributed by atoms with Crippen molar-refractivity contribution in [3.05, 3.63) is 194 Å². The van der Waals surface area contributed by atoms with Gasteiger partial charge < -0.3 is 0 Å². The van der Waals surface area contributed by atoms with Crippen molar-refractivity contribution in [2.75, 3.05) is 0 Å². The van der Waals surface area contributed by atoms with E-state index in [0.29, 0.717) is 0 Å². The van der Waals surface area contributed by atoms with Crippen LogP contribution in [0.25, 0.3) is 105 Å². The number of hydrogen-bond acceptors (Lipinski definition) is 6. The standard InChI is InChI=1S/C55H32BN3S3/c1-3-11-38-31-49-47(29-36(38)9-1)57-53(60-49)33-17-23-40(24-18-33)56(41-25-19-34(20-26-41)54-58-48-30-37-10-2-4-12-39(37)32-50(48)61-54)42-27-21-35(22-28-42)55-59-51-45-15-7-5-13-43(45)44-14-6-8-16-46(44)52(51)62-55/h1-32H. The fourth-order valence-electron chi connectivity index (χ4n) is 9.15. The van der Waals surface area contributed by atoms with Gasteiger partial charge in [-0.15, -0.1) is 34.0 Å². The van der Waals surface area contributed by atoms with E-state index < -0.39 is 0 Å². The first-order valence-electron chi connectivity index (χ1n) is 20.8. The molecule has 0 amide bonds. The topological polar surface area (TPSA) is 38.7 Å². The Morgan fingerprint density at radius 2 is 0.694 bits per heavy atom. The minimum atomic E-state index is 0.0109. The molecular formula is C55H32BN3S3. The molecular weight excluding hydrogens is 810 g/mol. The van der Waals surface area contributed by atoms with Gasteiger partial charge in [0, 0.05) is 27.5 Å². The summed E-state index contributed by atoms with van der Waals surface area (Å²) in [6, 6.07) is 70.5. The summed E-state index contributed by atoms with van der Waals surface area (Å²) in [4.78, 5) is 15.5. The van der Waals surface area contributed by atoms with Crippen LogP contribution < -0.4 is 16.4 Å². The predicted molar refractivity (Wildman–Crippen MR) is 270 cm³/mol. The number of thiazole rings is 3. The molecule has 0 aliphatic heterocycles. The van der Waals surface area contributed by atoms with Gasteiger partial charge in [0.2, 0.25) is 6.71 Å². The first-order valence-corrected chi connectivity index (χ1v) is 23.2. The Balaban J connectivity index is 0.887. The lowest BCUT2D eigenvalue weighted by atomic mass is 9.37.